The summed E-state index contributed by atoms with van der Waals surface area (Å²) >= 11 is 0. The van der Waals surface area contributed by atoms with Crippen LogP contribution in [0.2, 0.25) is 0 Å². The van der Waals surface area contributed by atoms with E-state index in [1.54, 1.807) is 6.08 Å². The predicted octanol–water partition coefficient (Wildman–Crippen LogP) is 4.86. The summed E-state index contributed by atoms with van der Waals surface area (Å²) in [4.78, 5) is 2.37. The molecule has 0 heterocycles. The van der Waals surface area contributed by atoms with Crippen molar-refractivity contribution in [1.29, 1.82) is 0 Å². The number of hydrogen-bond donors (Lipinski definition) is 1. The summed E-state index contributed by atoms with van der Waals surface area (Å²) in [5.74, 6) is -0.203. The van der Waals surface area contributed by atoms with Gasteiger partial charge in [0.05, 0.1) is 5.83 Å². The van der Waals surface area contributed by atoms with Crippen LogP contribution in [0.15, 0.2) is 66.7 Å². The number of nitrogens with zero attached hydrogens (tertiary/aromatic N) is 1. The fourth-order valence-electron chi connectivity index (χ4n) is 2.44. The van der Waals surface area contributed by atoms with E-state index in [1.165, 1.54) is 18.6 Å². The van der Waals surface area contributed by atoms with Gasteiger partial charge in [-0.2, -0.15) is 0 Å². The normalized spacial score (nSPS) is 13.5. The lowest BCUT2D eigenvalue weighted by atomic mass is 10.1. The monoisotopic (exact) mass is 330 g/mol. The van der Waals surface area contributed by atoms with Gasteiger partial charge in [-0.15, -0.1) is 0 Å². The number of rotatable bonds is 11. The molecule has 1 aromatic carbocycles. The van der Waals surface area contributed by atoms with Crippen LogP contribution in [0.3, 0.4) is 0 Å². The average Bonchev–Trinajstić information content (AvgIpc) is 2.57. The third kappa shape index (κ3) is 9.31. The third-order valence-corrected chi connectivity index (χ3v) is 3.99. The van der Waals surface area contributed by atoms with E-state index in [0.29, 0.717) is 6.04 Å². The lowest BCUT2D eigenvalue weighted by molar-refractivity contribution is 0.312. The highest BCUT2D eigenvalue weighted by molar-refractivity contribution is 5.19. The van der Waals surface area contributed by atoms with Gasteiger partial charge in [-0.3, -0.25) is 0 Å². The van der Waals surface area contributed by atoms with Gasteiger partial charge in [-0.1, -0.05) is 49.9 Å². The minimum atomic E-state index is -0.203. The van der Waals surface area contributed by atoms with Crippen LogP contribution >= 0.6 is 0 Å². The Labute approximate surface area is 146 Å². The Hall–Kier alpha value is -1.87. The number of benzene rings is 1. The molecule has 0 bridgehead atoms. The van der Waals surface area contributed by atoms with Crippen LogP contribution in [-0.4, -0.2) is 31.1 Å². The quantitative estimate of drug-likeness (QED) is 0.583. The zero-order valence-electron chi connectivity index (χ0n) is 15.3. The molecule has 1 aromatic rings. The highest BCUT2D eigenvalue weighted by atomic mass is 19.1. The van der Waals surface area contributed by atoms with Crippen molar-refractivity contribution in [3.8, 4) is 0 Å². The van der Waals surface area contributed by atoms with Crippen molar-refractivity contribution in [2.45, 2.75) is 39.2 Å². The molecular formula is C21H31FN2. The van der Waals surface area contributed by atoms with Gasteiger partial charge < -0.3 is 10.2 Å². The fourth-order valence-corrected chi connectivity index (χ4v) is 2.44. The number of allylic oxidation sites excluding steroid dienone is 4. The van der Waals surface area contributed by atoms with Crippen LogP contribution in [0, 0.1) is 0 Å². The number of hydrogen-bond acceptors (Lipinski definition) is 2. The molecule has 1 unspecified atom stereocenters. The van der Waals surface area contributed by atoms with Gasteiger partial charge >= 0.3 is 0 Å². The molecule has 0 saturated carbocycles. The highest BCUT2D eigenvalue weighted by Crippen LogP contribution is 2.05. The molecule has 2 nitrogen and oxygen atoms in total. The Morgan fingerprint density at radius 3 is 2.62 bits per heavy atom. The van der Waals surface area contributed by atoms with Crippen molar-refractivity contribution in [1.82, 2.24) is 10.2 Å². The molecule has 0 spiro atoms. The first-order chi connectivity index (χ1) is 11.5. The molecular weight excluding hydrogens is 299 g/mol. The molecule has 1 atom stereocenters. The lowest BCUT2D eigenvalue weighted by Crippen LogP contribution is -2.32. The van der Waals surface area contributed by atoms with Crippen LogP contribution < -0.4 is 5.32 Å². The van der Waals surface area contributed by atoms with E-state index in [4.69, 9.17) is 0 Å². The van der Waals surface area contributed by atoms with E-state index < -0.39 is 0 Å². The van der Waals surface area contributed by atoms with E-state index in [0.717, 1.165) is 38.0 Å². The summed E-state index contributed by atoms with van der Waals surface area (Å²) in [5, 5.41) is 3.41. The molecule has 0 amide bonds. The van der Waals surface area contributed by atoms with Crippen molar-refractivity contribution in [3.05, 3.63) is 72.2 Å². The second kappa shape index (κ2) is 11.6. The Morgan fingerprint density at radius 2 is 2.00 bits per heavy atom. The zero-order chi connectivity index (χ0) is 17.8. The maximum Gasteiger partial charge on any atom is 0.0968 e. The van der Waals surface area contributed by atoms with Gasteiger partial charge in [0.1, 0.15) is 0 Å². The second-order valence-corrected chi connectivity index (χ2v) is 6.21. The predicted molar refractivity (Wildman–Crippen MR) is 103 cm³/mol. The van der Waals surface area contributed by atoms with E-state index >= 15 is 0 Å². The maximum absolute atomic E-state index is 12.6. The molecule has 24 heavy (non-hydrogen) atoms. The third-order valence-electron chi connectivity index (χ3n) is 3.99. The Kier molecular flexibility index (Phi) is 9.78. The smallest absolute Gasteiger partial charge is 0.0968 e. The van der Waals surface area contributed by atoms with Gasteiger partial charge in [-0.05, 0) is 57.5 Å². The summed E-state index contributed by atoms with van der Waals surface area (Å²) < 4.78 is 12.6. The molecule has 1 rings (SSSR count). The molecule has 0 aliphatic rings. The van der Waals surface area contributed by atoms with E-state index in [-0.39, 0.29) is 5.83 Å². The lowest BCUT2D eigenvalue weighted by Gasteiger charge is -2.22. The highest BCUT2D eigenvalue weighted by Gasteiger charge is 2.07. The van der Waals surface area contributed by atoms with Gasteiger partial charge in [-0.25, -0.2) is 4.39 Å². The molecule has 132 valence electrons. The topological polar surface area (TPSA) is 15.3 Å². The first-order valence-electron chi connectivity index (χ1n) is 8.69. The summed E-state index contributed by atoms with van der Waals surface area (Å²) in [5.41, 5.74) is 2.20. The Morgan fingerprint density at radius 1 is 1.29 bits per heavy atom. The molecule has 0 fully saturated rings. The van der Waals surface area contributed by atoms with E-state index in [1.807, 2.05) is 6.08 Å². The van der Waals surface area contributed by atoms with Crippen molar-refractivity contribution in [2.75, 3.05) is 20.1 Å². The van der Waals surface area contributed by atoms with Crippen molar-refractivity contribution < 1.29 is 4.39 Å². The van der Waals surface area contributed by atoms with Gasteiger partial charge in [0.25, 0.3) is 0 Å². The van der Waals surface area contributed by atoms with Gasteiger partial charge in [0.15, 0.2) is 0 Å². The van der Waals surface area contributed by atoms with Crippen LogP contribution in [-0.2, 0) is 6.42 Å². The Balaban J connectivity index is 2.30. The summed E-state index contributed by atoms with van der Waals surface area (Å²) in [6.45, 7) is 9.68. The summed E-state index contributed by atoms with van der Waals surface area (Å²) in [6.07, 6.45) is 8.11. The molecule has 0 radical (unpaired) electrons. The summed E-state index contributed by atoms with van der Waals surface area (Å²) in [7, 11) is 2.17. The van der Waals surface area contributed by atoms with Crippen LogP contribution in [0.5, 0.6) is 0 Å². The molecule has 0 aromatic heterocycles. The van der Waals surface area contributed by atoms with Gasteiger partial charge in [0.2, 0.25) is 0 Å². The van der Waals surface area contributed by atoms with Gasteiger partial charge in [0, 0.05) is 18.3 Å². The average molecular weight is 330 g/mol. The van der Waals surface area contributed by atoms with Crippen LogP contribution in [0.1, 0.15) is 32.3 Å². The van der Waals surface area contributed by atoms with E-state index in [9.17, 15) is 4.39 Å². The SMILES string of the molecule is C=C(/C=C\C=C(/C)F)NC(CC)CCN(C)CCc1ccccc1. The minimum Gasteiger partial charge on any atom is -0.383 e. The maximum atomic E-state index is 12.6. The largest absolute Gasteiger partial charge is 0.383 e. The molecule has 0 saturated heterocycles. The second-order valence-electron chi connectivity index (χ2n) is 6.21. The Bertz CT molecular complexity index is 530. The first-order valence-corrected chi connectivity index (χ1v) is 8.69. The van der Waals surface area contributed by atoms with Crippen molar-refractivity contribution >= 4 is 0 Å². The van der Waals surface area contributed by atoms with Crippen molar-refractivity contribution in [2.24, 2.45) is 0 Å². The number of halogens is 1. The zero-order valence-corrected chi connectivity index (χ0v) is 15.3. The minimum absolute atomic E-state index is 0.203. The van der Waals surface area contributed by atoms with Crippen molar-refractivity contribution in [3.63, 3.8) is 0 Å². The first kappa shape index (κ1) is 20.2. The number of likely N-dealkylation sites (N-methyl/N-ethyl adjacent to an activating group) is 1. The molecule has 0 aliphatic heterocycles. The van der Waals surface area contributed by atoms with Crippen LogP contribution in [0.4, 0.5) is 4.39 Å². The number of nitrogens with one attached hydrogen (secondary N) is 1. The molecule has 3 heteroatoms. The fraction of sp³-hybridized carbons (Fsp3) is 0.429. The van der Waals surface area contributed by atoms with Crippen LogP contribution in [0.25, 0.3) is 0 Å². The molecule has 1 N–H and O–H groups in total. The van der Waals surface area contributed by atoms with E-state index in [2.05, 4.69) is 61.1 Å². The standard InChI is InChI=1S/C21H31FN2/c1-5-21(23-19(3)11-9-10-18(2)22)15-17-24(4)16-14-20-12-7-6-8-13-20/h6-13,21,23H,3,5,14-17H2,1-2,4H3/b11-9-,18-10+. The molecule has 0 aliphatic carbocycles. The summed E-state index contributed by atoms with van der Waals surface area (Å²) in [6, 6.07) is 11.0.